The maximum Gasteiger partial charge on any atom is 0.269 e. The van der Waals surface area contributed by atoms with Crippen LogP contribution >= 0.6 is 11.6 Å². The molecule has 2 rings (SSSR count). The van der Waals surface area contributed by atoms with Crippen molar-refractivity contribution in [3.8, 4) is 0 Å². The summed E-state index contributed by atoms with van der Waals surface area (Å²) in [6.45, 7) is 1.85. The number of amides is 1. The number of non-ortho nitro benzene ring substituents is 1. The zero-order valence-corrected chi connectivity index (χ0v) is 14.4. The van der Waals surface area contributed by atoms with E-state index in [-0.39, 0.29) is 17.6 Å². The molecular formula is C18H19ClN2O3. The van der Waals surface area contributed by atoms with Gasteiger partial charge in [0.25, 0.3) is 5.69 Å². The lowest BCUT2D eigenvalue weighted by atomic mass is 10.0. The second-order valence-corrected chi connectivity index (χ2v) is 6.03. The van der Waals surface area contributed by atoms with Crippen LogP contribution < -0.4 is 0 Å². The third-order valence-electron chi connectivity index (χ3n) is 4.10. The molecule has 2 aromatic carbocycles. The van der Waals surface area contributed by atoms with E-state index in [4.69, 9.17) is 11.6 Å². The lowest BCUT2D eigenvalue weighted by Crippen LogP contribution is -2.29. The van der Waals surface area contributed by atoms with Crippen molar-refractivity contribution < 1.29 is 9.72 Å². The summed E-state index contributed by atoms with van der Waals surface area (Å²) in [6.07, 6.45) is 0.893. The van der Waals surface area contributed by atoms with Crippen molar-refractivity contribution in [1.82, 2.24) is 4.90 Å². The number of nitro groups is 1. The highest BCUT2D eigenvalue weighted by molar-refractivity contribution is 6.31. The highest BCUT2D eigenvalue weighted by Gasteiger charge is 2.19. The van der Waals surface area contributed by atoms with Gasteiger partial charge in [-0.1, -0.05) is 41.9 Å². The highest BCUT2D eigenvalue weighted by atomic mass is 35.5. The first-order valence-corrected chi connectivity index (χ1v) is 8.01. The normalized spacial score (nSPS) is 11.8. The standard InChI is InChI=1S/C18H19ClN2O3/c1-13(15-7-5-8-16(12-15)21(23)24)20(2)18(22)11-10-14-6-3-4-9-17(14)19/h3-9,12-13H,10-11H2,1-2H3. The predicted octanol–water partition coefficient (Wildman–Crippen LogP) is 4.40. The zero-order valence-electron chi connectivity index (χ0n) is 13.6. The Hall–Kier alpha value is -2.40. The van der Waals surface area contributed by atoms with Gasteiger partial charge in [-0.15, -0.1) is 0 Å². The number of carbonyl (C=O) groups excluding carboxylic acids is 1. The van der Waals surface area contributed by atoms with Crippen LogP contribution in [-0.2, 0) is 11.2 Å². The van der Waals surface area contributed by atoms with E-state index in [0.717, 1.165) is 11.1 Å². The van der Waals surface area contributed by atoms with E-state index in [2.05, 4.69) is 0 Å². The van der Waals surface area contributed by atoms with Crippen molar-refractivity contribution in [2.75, 3.05) is 7.05 Å². The number of rotatable bonds is 6. The molecule has 6 heteroatoms. The average Bonchev–Trinajstić information content (AvgIpc) is 2.59. The summed E-state index contributed by atoms with van der Waals surface area (Å²) in [7, 11) is 1.71. The minimum Gasteiger partial charge on any atom is -0.339 e. The lowest BCUT2D eigenvalue weighted by molar-refractivity contribution is -0.384. The largest absolute Gasteiger partial charge is 0.339 e. The van der Waals surface area contributed by atoms with E-state index < -0.39 is 4.92 Å². The topological polar surface area (TPSA) is 63.5 Å². The Labute approximate surface area is 146 Å². The summed E-state index contributed by atoms with van der Waals surface area (Å²) in [5.74, 6) is -0.0334. The van der Waals surface area contributed by atoms with Gasteiger partial charge in [0.1, 0.15) is 0 Å². The summed E-state index contributed by atoms with van der Waals surface area (Å²) >= 11 is 6.10. The van der Waals surface area contributed by atoms with Crippen LogP contribution in [0.1, 0.15) is 30.5 Å². The zero-order chi connectivity index (χ0) is 17.7. The van der Waals surface area contributed by atoms with Crippen LogP contribution in [0.15, 0.2) is 48.5 Å². The Kier molecular flexibility index (Phi) is 5.93. The number of hydrogen-bond donors (Lipinski definition) is 0. The minimum absolute atomic E-state index is 0.0243. The first-order chi connectivity index (χ1) is 11.4. The molecule has 126 valence electrons. The SMILES string of the molecule is CC(c1cccc([N+](=O)[O-])c1)N(C)C(=O)CCc1ccccc1Cl. The van der Waals surface area contributed by atoms with Gasteiger partial charge >= 0.3 is 0 Å². The van der Waals surface area contributed by atoms with Crippen molar-refractivity contribution >= 4 is 23.2 Å². The Balaban J connectivity index is 2.03. The molecule has 0 bridgehead atoms. The van der Waals surface area contributed by atoms with Crippen LogP contribution in [0, 0.1) is 10.1 Å². The third kappa shape index (κ3) is 4.32. The van der Waals surface area contributed by atoms with Crippen LogP contribution in [-0.4, -0.2) is 22.8 Å². The second kappa shape index (κ2) is 7.93. The molecule has 0 aromatic heterocycles. The molecular weight excluding hydrogens is 328 g/mol. The minimum atomic E-state index is -0.435. The maximum atomic E-state index is 12.4. The van der Waals surface area contributed by atoms with E-state index in [1.54, 1.807) is 30.1 Å². The number of aryl methyl sites for hydroxylation is 1. The molecule has 0 heterocycles. The van der Waals surface area contributed by atoms with Gasteiger partial charge in [0, 0.05) is 30.6 Å². The van der Waals surface area contributed by atoms with E-state index >= 15 is 0 Å². The average molecular weight is 347 g/mol. The number of nitrogens with zero attached hydrogens (tertiary/aromatic N) is 2. The Morgan fingerprint density at radius 3 is 2.62 bits per heavy atom. The van der Waals surface area contributed by atoms with Gasteiger partial charge in [0.2, 0.25) is 5.91 Å². The molecule has 0 aliphatic heterocycles. The summed E-state index contributed by atoms with van der Waals surface area (Å²) in [5.41, 5.74) is 1.69. The van der Waals surface area contributed by atoms with Crippen molar-refractivity contribution in [3.63, 3.8) is 0 Å². The predicted molar refractivity (Wildman–Crippen MR) is 94.1 cm³/mol. The highest BCUT2D eigenvalue weighted by Crippen LogP contribution is 2.24. The molecule has 0 radical (unpaired) electrons. The Morgan fingerprint density at radius 1 is 1.25 bits per heavy atom. The van der Waals surface area contributed by atoms with Crippen molar-refractivity contribution in [1.29, 1.82) is 0 Å². The first kappa shape index (κ1) is 17.9. The van der Waals surface area contributed by atoms with Gasteiger partial charge in [-0.05, 0) is 30.5 Å². The van der Waals surface area contributed by atoms with E-state index in [0.29, 0.717) is 17.9 Å². The molecule has 24 heavy (non-hydrogen) atoms. The Morgan fingerprint density at radius 2 is 1.96 bits per heavy atom. The lowest BCUT2D eigenvalue weighted by Gasteiger charge is -2.25. The number of hydrogen-bond acceptors (Lipinski definition) is 3. The Bertz CT molecular complexity index is 749. The second-order valence-electron chi connectivity index (χ2n) is 5.62. The summed E-state index contributed by atoms with van der Waals surface area (Å²) in [6, 6.07) is 13.6. The van der Waals surface area contributed by atoms with E-state index in [1.807, 2.05) is 25.1 Å². The number of carbonyl (C=O) groups is 1. The quantitative estimate of drug-likeness (QED) is 0.575. The van der Waals surface area contributed by atoms with Crippen LogP contribution in [0.4, 0.5) is 5.69 Å². The first-order valence-electron chi connectivity index (χ1n) is 7.63. The van der Waals surface area contributed by atoms with Crippen molar-refractivity contribution in [2.45, 2.75) is 25.8 Å². The molecule has 0 aliphatic rings. The maximum absolute atomic E-state index is 12.4. The van der Waals surface area contributed by atoms with Gasteiger partial charge in [0.15, 0.2) is 0 Å². The summed E-state index contributed by atoms with van der Waals surface area (Å²) in [4.78, 5) is 24.5. The molecule has 1 unspecified atom stereocenters. The fourth-order valence-electron chi connectivity index (χ4n) is 2.46. The van der Waals surface area contributed by atoms with Gasteiger partial charge in [-0.2, -0.15) is 0 Å². The van der Waals surface area contributed by atoms with Gasteiger partial charge in [-0.25, -0.2) is 0 Å². The number of halogens is 1. The summed E-state index contributed by atoms with van der Waals surface area (Å²) in [5, 5.41) is 11.5. The molecule has 1 amide bonds. The third-order valence-corrected chi connectivity index (χ3v) is 4.47. The van der Waals surface area contributed by atoms with Crippen LogP contribution in [0.25, 0.3) is 0 Å². The van der Waals surface area contributed by atoms with Crippen LogP contribution in [0.2, 0.25) is 5.02 Å². The van der Waals surface area contributed by atoms with Crippen LogP contribution in [0.5, 0.6) is 0 Å². The van der Waals surface area contributed by atoms with Gasteiger partial charge < -0.3 is 4.90 Å². The smallest absolute Gasteiger partial charge is 0.269 e. The molecule has 0 saturated carbocycles. The monoisotopic (exact) mass is 346 g/mol. The van der Waals surface area contributed by atoms with Crippen molar-refractivity contribution in [3.05, 3.63) is 74.8 Å². The molecule has 0 fully saturated rings. The molecule has 0 N–H and O–H groups in total. The fraction of sp³-hybridized carbons (Fsp3) is 0.278. The molecule has 2 aromatic rings. The van der Waals surface area contributed by atoms with E-state index in [9.17, 15) is 14.9 Å². The molecule has 0 saturated heterocycles. The molecule has 1 atom stereocenters. The molecule has 0 spiro atoms. The van der Waals surface area contributed by atoms with Gasteiger partial charge in [0.05, 0.1) is 11.0 Å². The van der Waals surface area contributed by atoms with E-state index in [1.165, 1.54) is 12.1 Å². The molecule has 0 aliphatic carbocycles. The summed E-state index contributed by atoms with van der Waals surface area (Å²) < 4.78 is 0. The number of nitro benzene ring substituents is 1. The number of benzene rings is 2. The van der Waals surface area contributed by atoms with Crippen molar-refractivity contribution in [2.24, 2.45) is 0 Å². The fourth-order valence-corrected chi connectivity index (χ4v) is 2.69. The van der Waals surface area contributed by atoms with Crippen LogP contribution in [0.3, 0.4) is 0 Å². The van der Waals surface area contributed by atoms with Gasteiger partial charge in [-0.3, -0.25) is 14.9 Å². The molecule has 5 nitrogen and oxygen atoms in total.